The maximum atomic E-state index is 12.0. The summed E-state index contributed by atoms with van der Waals surface area (Å²) in [6.07, 6.45) is 1.41. The Morgan fingerprint density at radius 1 is 1.14 bits per heavy atom. The Morgan fingerprint density at radius 3 is 2.48 bits per heavy atom. The minimum atomic E-state index is -3.77. The second-order valence-corrected chi connectivity index (χ2v) is 7.33. The van der Waals surface area contributed by atoms with Gasteiger partial charge in [0, 0.05) is 18.7 Å². The number of benzene rings is 1. The van der Waals surface area contributed by atoms with E-state index in [0.29, 0.717) is 13.0 Å². The highest BCUT2D eigenvalue weighted by Gasteiger charge is 2.22. The van der Waals surface area contributed by atoms with Gasteiger partial charge in [0.2, 0.25) is 5.91 Å². The Hall–Kier alpha value is -1.86. The van der Waals surface area contributed by atoms with E-state index in [-0.39, 0.29) is 15.9 Å². The van der Waals surface area contributed by atoms with Gasteiger partial charge in [-0.2, -0.15) is 8.42 Å². The molecular weight excluding hydrogens is 310 g/mol. The summed E-state index contributed by atoms with van der Waals surface area (Å²) >= 11 is 1.11. The van der Waals surface area contributed by atoms with Crippen molar-refractivity contribution in [2.45, 2.75) is 17.1 Å². The van der Waals surface area contributed by atoms with E-state index in [2.05, 4.69) is 0 Å². The summed E-state index contributed by atoms with van der Waals surface area (Å²) in [6.45, 7) is 0.701. The Balaban J connectivity index is 1.77. The minimum absolute atomic E-state index is 0.0925. The van der Waals surface area contributed by atoms with Gasteiger partial charge in [-0.15, -0.1) is 11.3 Å². The molecule has 2 aromatic rings. The third kappa shape index (κ3) is 2.93. The number of rotatable bonds is 4. The van der Waals surface area contributed by atoms with Crippen molar-refractivity contribution in [3.05, 3.63) is 41.8 Å². The zero-order chi connectivity index (χ0) is 14.9. The lowest BCUT2D eigenvalue weighted by Gasteiger charge is -2.15. The van der Waals surface area contributed by atoms with E-state index in [0.717, 1.165) is 23.4 Å². The molecule has 0 atom stereocenters. The van der Waals surface area contributed by atoms with Crippen molar-refractivity contribution in [3.63, 3.8) is 0 Å². The molecule has 5 nitrogen and oxygen atoms in total. The molecule has 1 fully saturated rings. The first-order chi connectivity index (χ1) is 10.1. The molecule has 1 amide bonds. The number of hydrogen-bond donors (Lipinski definition) is 0. The second kappa shape index (κ2) is 5.50. The highest BCUT2D eigenvalue weighted by Crippen LogP contribution is 2.26. The smallest absolute Gasteiger partial charge is 0.348 e. The van der Waals surface area contributed by atoms with Gasteiger partial charge in [0.15, 0.2) is 4.21 Å². The molecule has 1 aliphatic rings. The first-order valence-corrected chi connectivity index (χ1v) is 8.73. The molecule has 0 spiro atoms. The lowest BCUT2D eigenvalue weighted by molar-refractivity contribution is -0.117. The van der Waals surface area contributed by atoms with Crippen molar-refractivity contribution in [2.75, 3.05) is 11.4 Å². The molecule has 1 aromatic heterocycles. The van der Waals surface area contributed by atoms with E-state index < -0.39 is 10.1 Å². The number of amides is 1. The minimum Gasteiger partial charge on any atom is -0.378 e. The van der Waals surface area contributed by atoms with Crippen LogP contribution in [0.15, 0.2) is 46.0 Å². The number of anilines is 1. The summed E-state index contributed by atoms with van der Waals surface area (Å²) in [5.74, 6) is 0.327. The molecule has 0 N–H and O–H groups in total. The van der Waals surface area contributed by atoms with Crippen molar-refractivity contribution in [3.8, 4) is 5.75 Å². The number of thiophene rings is 1. The molecule has 7 heteroatoms. The molecule has 110 valence electrons. The highest BCUT2D eigenvalue weighted by atomic mass is 32.3. The number of nitrogens with zero attached hydrogens (tertiary/aromatic N) is 1. The maximum Gasteiger partial charge on any atom is 0.348 e. The molecule has 2 heterocycles. The number of carbonyl (C=O) groups excluding carboxylic acids is 1. The second-order valence-electron chi connectivity index (χ2n) is 4.61. The summed E-state index contributed by atoms with van der Waals surface area (Å²) in [5, 5.41) is 1.68. The van der Waals surface area contributed by atoms with Crippen LogP contribution in [-0.4, -0.2) is 20.9 Å². The predicted octanol–water partition coefficient (Wildman–Crippen LogP) is 2.64. The van der Waals surface area contributed by atoms with Crippen LogP contribution in [0.5, 0.6) is 5.75 Å². The van der Waals surface area contributed by atoms with E-state index >= 15 is 0 Å². The fourth-order valence-electron chi connectivity index (χ4n) is 2.18. The maximum absolute atomic E-state index is 12.0. The molecule has 0 radical (unpaired) electrons. The van der Waals surface area contributed by atoms with Gasteiger partial charge in [0.25, 0.3) is 0 Å². The highest BCUT2D eigenvalue weighted by molar-refractivity contribution is 7.89. The lowest BCUT2D eigenvalue weighted by Crippen LogP contribution is -2.23. The van der Waals surface area contributed by atoms with Crippen LogP contribution in [-0.2, 0) is 14.9 Å². The molecule has 0 unspecified atom stereocenters. The van der Waals surface area contributed by atoms with Gasteiger partial charge in [-0.3, -0.25) is 4.79 Å². The third-order valence-electron chi connectivity index (χ3n) is 3.17. The quantitative estimate of drug-likeness (QED) is 0.812. The Kier molecular flexibility index (Phi) is 3.69. The molecule has 0 bridgehead atoms. The van der Waals surface area contributed by atoms with E-state index in [1.54, 1.807) is 40.6 Å². The van der Waals surface area contributed by atoms with E-state index in [4.69, 9.17) is 4.18 Å². The summed E-state index contributed by atoms with van der Waals surface area (Å²) < 4.78 is 29.2. The topological polar surface area (TPSA) is 63.7 Å². The van der Waals surface area contributed by atoms with Crippen LogP contribution >= 0.6 is 11.3 Å². The molecule has 21 heavy (non-hydrogen) atoms. The summed E-state index contributed by atoms with van der Waals surface area (Å²) in [4.78, 5) is 13.3. The zero-order valence-corrected chi connectivity index (χ0v) is 12.7. The van der Waals surface area contributed by atoms with Gasteiger partial charge in [-0.05, 0) is 42.1 Å². The van der Waals surface area contributed by atoms with Crippen LogP contribution in [0.3, 0.4) is 0 Å². The molecule has 1 saturated heterocycles. The van der Waals surface area contributed by atoms with Crippen LogP contribution in [0.4, 0.5) is 5.69 Å². The Morgan fingerprint density at radius 2 is 1.90 bits per heavy atom. The average molecular weight is 323 g/mol. The predicted molar refractivity (Wildman–Crippen MR) is 80.2 cm³/mol. The first-order valence-electron chi connectivity index (χ1n) is 6.45. The fraction of sp³-hybridized carbons (Fsp3) is 0.214. The lowest BCUT2D eigenvalue weighted by atomic mass is 10.3. The van der Waals surface area contributed by atoms with Crippen LogP contribution in [0, 0.1) is 0 Å². The average Bonchev–Trinajstić information content (AvgIpc) is 3.10. The molecule has 1 aliphatic heterocycles. The van der Waals surface area contributed by atoms with E-state index in [9.17, 15) is 13.2 Å². The summed E-state index contributed by atoms with van der Waals surface area (Å²) in [6, 6.07) is 9.67. The molecular formula is C14H13NO4S2. The number of carbonyl (C=O) groups is 1. The SMILES string of the molecule is O=C1CCCN1c1ccc(OS(=O)(=O)c2cccs2)cc1. The molecule has 1 aromatic carbocycles. The monoisotopic (exact) mass is 323 g/mol. The first kappa shape index (κ1) is 14.1. The fourth-order valence-corrected chi connectivity index (χ4v) is 4.06. The molecule has 0 aliphatic carbocycles. The van der Waals surface area contributed by atoms with E-state index in [1.807, 2.05) is 0 Å². The standard InChI is InChI=1S/C14H13NO4S2/c16-13-3-1-9-15(13)11-5-7-12(8-6-11)19-21(17,18)14-4-2-10-20-14/h2,4-8,10H,1,3,9H2. The Bertz CT molecular complexity index is 736. The van der Waals surface area contributed by atoms with Gasteiger partial charge in [0.1, 0.15) is 5.75 Å². The molecule has 0 saturated carbocycles. The van der Waals surface area contributed by atoms with Crippen LogP contribution in [0.2, 0.25) is 0 Å². The summed E-state index contributed by atoms with van der Waals surface area (Å²) in [5.41, 5.74) is 0.762. The van der Waals surface area contributed by atoms with Gasteiger partial charge in [-0.25, -0.2) is 0 Å². The Labute approximate surface area is 126 Å². The normalized spacial score (nSPS) is 15.4. The largest absolute Gasteiger partial charge is 0.378 e. The van der Waals surface area contributed by atoms with Gasteiger partial charge >= 0.3 is 10.1 Å². The number of hydrogen-bond acceptors (Lipinski definition) is 5. The van der Waals surface area contributed by atoms with Crippen molar-refractivity contribution in [1.29, 1.82) is 0 Å². The molecule has 3 rings (SSSR count). The van der Waals surface area contributed by atoms with Crippen molar-refractivity contribution in [2.24, 2.45) is 0 Å². The van der Waals surface area contributed by atoms with Gasteiger partial charge in [-0.1, -0.05) is 6.07 Å². The third-order valence-corrected chi connectivity index (χ3v) is 5.77. The van der Waals surface area contributed by atoms with Crippen molar-refractivity contribution >= 4 is 33.0 Å². The van der Waals surface area contributed by atoms with Crippen molar-refractivity contribution < 1.29 is 17.4 Å². The van der Waals surface area contributed by atoms with Crippen LogP contribution in [0.25, 0.3) is 0 Å². The van der Waals surface area contributed by atoms with Crippen LogP contribution < -0.4 is 9.08 Å². The summed E-state index contributed by atoms with van der Waals surface area (Å²) in [7, 11) is -3.77. The van der Waals surface area contributed by atoms with Gasteiger partial charge < -0.3 is 9.08 Å². The van der Waals surface area contributed by atoms with Gasteiger partial charge in [0.05, 0.1) is 0 Å². The van der Waals surface area contributed by atoms with Crippen LogP contribution in [0.1, 0.15) is 12.8 Å². The van der Waals surface area contributed by atoms with Crippen molar-refractivity contribution in [1.82, 2.24) is 0 Å². The van der Waals surface area contributed by atoms with E-state index in [1.165, 1.54) is 6.07 Å². The zero-order valence-electron chi connectivity index (χ0n) is 11.1.